The number of fused-ring (bicyclic) bond motifs is 2. The second-order valence-electron chi connectivity index (χ2n) is 9.30. The Hall–Kier alpha value is -1.06. The van der Waals surface area contributed by atoms with Crippen LogP contribution in [0.5, 0.6) is 0 Å². The Morgan fingerprint density at radius 2 is 1.75 bits per heavy atom. The highest BCUT2D eigenvalue weighted by atomic mass is 16.7. The highest BCUT2D eigenvalue weighted by Crippen LogP contribution is 2.41. The van der Waals surface area contributed by atoms with Crippen LogP contribution in [-0.2, 0) is 18.8 Å². The number of ether oxygens (including phenoxy) is 2. The van der Waals surface area contributed by atoms with Crippen LogP contribution >= 0.6 is 0 Å². The van der Waals surface area contributed by atoms with E-state index < -0.39 is 5.60 Å². The molecule has 2 atom stereocenters. The second-order valence-corrected chi connectivity index (χ2v) is 9.30. The Morgan fingerprint density at radius 3 is 2.21 bits per heavy atom. The van der Waals surface area contributed by atoms with E-state index in [9.17, 15) is 4.79 Å². The van der Waals surface area contributed by atoms with Crippen molar-refractivity contribution in [3.8, 4) is 0 Å². The topological polar surface area (TPSA) is 97.7 Å². The van der Waals surface area contributed by atoms with Crippen LogP contribution in [0, 0.1) is 0 Å². The van der Waals surface area contributed by atoms with E-state index in [1.54, 1.807) is 0 Å². The summed E-state index contributed by atoms with van der Waals surface area (Å²) in [4.78, 5) is 14.4. The monoisotopic (exact) mass is 396 g/mol. The molecule has 2 N–H and O–H groups in total. The van der Waals surface area contributed by atoms with E-state index in [-0.39, 0.29) is 44.2 Å². The summed E-state index contributed by atoms with van der Waals surface area (Å²) in [5.41, 5.74) is -0.155. The molecule has 3 aliphatic rings. The first-order valence-corrected chi connectivity index (χ1v) is 9.56. The predicted molar refractivity (Wildman–Crippen MR) is 105 cm³/mol. The summed E-state index contributed by atoms with van der Waals surface area (Å²) in [5, 5.41) is 14.0. The molecule has 0 aromatic carbocycles. The van der Waals surface area contributed by atoms with Crippen LogP contribution in [0.25, 0.3) is 0 Å². The number of amides is 1. The number of hydrogen-bond donors (Lipinski definition) is 2. The van der Waals surface area contributed by atoms with Crippen molar-refractivity contribution in [1.29, 1.82) is 0 Å². The summed E-state index contributed by atoms with van der Waals surface area (Å²) >= 11 is 0. The van der Waals surface area contributed by atoms with Gasteiger partial charge in [0.25, 0.3) is 0 Å². The summed E-state index contributed by atoms with van der Waals surface area (Å²) in [6.07, 6.45) is 2.45. The van der Waals surface area contributed by atoms with Crippen LogP contribution in [0.2, 0.25) is 0 Å². The summed E-state index contributed by atoms with van der Waals surface area (Å²) in [7, 11) is -0.367. The quantitative estimate of drug-likeness (QED) is 0.648. The van der Waals surface area contributed by atoms with Crippen LogP contribution in [-0.4, -0.2) is 77.9 Å². The first kappa shape index (κ1) is 23.2. The third-order valence-corrected chi connectivity index (χ3v) is 5.39. The number of carbonyl (C=O) groups is 1. The first-order chi connectivity index (χ1) is 12.8. The Balaban J connectivity index is 0.000000878. The van der Waals surface area contributed by atoms with Gasteiger partial charge in [0.05, 0.1) is 36.5 Å². The molecule has 2 unspecified atom stereocenters. The molecule has 157 valence electrons. The molecule has 0 aromatic heterocycles. The van der Waals surface area contributed by atoms with Gasteiger partial charge < -0.3 is 28.8 Å². The SMILES string of the molecule is CC(C)(C)OC(=O)N1C2C=C(B3OC(C)(C)C(C)(C)O3)CC1COC2.O[B]O. The van der Waals surface area contributed by atoms with E-state index in [2.05, 4.69) is 6.08 Å². The molecule has 3 aliphatic heterocycles. The van der Waals surface area contributed by atoms with Gasteiger partial charge in [-0.15, -0.1) is 0 Å². The fraction of sp³-hybridized carbons (Fsp3) is 0.833. The fourth-order valence-electron chi connectivity index (χ4n) is 3.40. The highest BCUT2D eigenvalue weighted by Gasteiger charge is 2.54. The Bertz CT molecular complexity index is 587. The summed E-state index contributed by atoms with van der Waals surface area (Å²) < 4.78 is 23.6. The van der Waals surface area contributed by atoms with Crippen molar-refractivity contribution in [1.82, 2.24) is 4.90 Å². The zero-order valence-corrected chi connectivity index (χ0v) is 17.9. The number of rotatable bonds is 1. The number of carbonyl (C=O) groups excluding carboxylic acids is 1. The van der Waals surface area contributed by atoms with E-state index >= 15 is 0 Å². The largest absolute Gasteiger partial charge is 0.490 e. The Kier molecular flexibility index (Phi) is 6.93. The molecule has 3 rings (SSSR count). The lowest BCUT2D eigenvalue weighted by Crippen LogP contribution is -2.58. The van der Waals surface area contributed by atoms with Crippen LogP contribution < -0.4 is 0 Å². The van der Waals surface area contributed by atoms with Gasteiger partial charge in [-0.2, -0.15) is 0 Å². The number of morpholine rings is 1. The summed E-state index contributed by atoms with van der Waals surface area (Å²) in [5.74, 6) is 0. The van der Waals surface area contributed by atoms with Gasteiger partial charge in [0.2, 0.25) is 0 Å². The van der Waals surface area contributed by atoms with Crippen molar-refractivity contribution in [2.75, 3.05) is 13.2 Å². The van der Waals surface area contributed by atoms with Crippen molar-refractivity contribution in [3.63, 3.8) is 0 Å². The predicted octanol–water partition coefficient (Wildman–Crippen LogP) is 1.46. The second kappa shape index (κ2) is 8.36. The molecule has 2 fully saturated rings. The third kappa shape index (κ3) is 5.10. The van der Waals surface area contributed by atoms with Crippen LogP contribution in [0.4, 0.5) is 4.79 Å². The van der Waals surface area contributed by atoms with E-state index in [0.29, 0.717) is 19.6 Å². The molecule has 2 saturated heterocycles. The summed E-state index contributed by atoms with van der Waals surface area (Å²) in [6, 6.07) is -0.191. The van der Waals surface area contributed by atoms with Crippen molar-refractivity contribution in [3.05, 3.63) is 11.5 Å². The highest BCUT2D eigenvalue weighted by molar-refractivity contribution is 6.54. The van der Waals surface area contributed by atoms with Gasteiger partial charge in [-0.25, -0.2) is 4.79 Å². The van der Waals surface area contributed by atoms with Gasteiger partial charge in [-0.05, 0) is 60.4 Å². The van der Waals surface area contributed by atoms with Crippen molar-refractivity contribution in [2.45, 2.75) is 83.8 Å². The van der Waals surface area contributed by atoms with E-state index in [4.69, 9.17) is 28.8 Å². The standard InChI is InChI=1S/C18H30BNO5.BH2O2/c1-16(2,3)23-15(21)20-13-8-12(9-14(20)11-22-10-13)19-24-17(4,5)18(6,7)25-19;2-1-3/h8,13-14H,9-11H2,1-7H3;2-3H. The maximum Gasteiger partial charge on any atom is 0.490 e. The lowest BCUT2D eigenvalue weighted by Gasteiger charge is -2.44. The minimum absolute atomic E-state index is 0. The molecular formula is C18H32B2NO7. The van der Waals surface area contributed by atoms with Gasteiger partial charge in [0.1, 0.15) is 5.60 Å². The van der Waals surface area contributed by atoms with E-state index in [0.717, 1.165) is 5.47 Å². The lowest BCUT2D eigenvalue weighted by molar-refractivity contribution is -0.0531. The molecular weight excluding hydrogens is 364 g/mol. The minimum atomic E-state index is -0.512. The maximum absolute atomic E-state index is 12.6. The normalized spacial score (nSPS) is 28.1. The minimum Gasteiger partial charge on any atom is -0.444 e. The Labute approximate surface area is 168 Å². The van der Waals surface area contributed by atoms with Crippen LogP contribution in [0.15, 0.2) is 11.5 Å². The van der Waals surface area contributed by atoms with Crippen molar-refractivity contribution < 1.29 is 33.6 Å². The van der Waals surface area contributed by atoms with Gasteiger partial charge >= 0.3 is 20.9 Å². The van der Waals surface area contributed by atoms with Crippen LogP contribution in [0.3, 0.4) is 0 Å². The molecule has 1 radical (unpaired) electrons. The molecule has 28 heavy (non-hydrogen) atoms. The number of hydrogen-bond acceptors (Lipinski definition) is 7. The Morgan fingerprint density at radius 1 is 1.21 bits per heavy atom. The van der Waals surface area contributed by atoms with E-state index in [1.165, 1.54) is 0 Å². The molecule has 0 spiro atoms. The third-order valence-electron chi connectivity index (χ3n) is 5.39. The smallest absolute Gasteiger partial charge is 0.444 e. The molecule has 1 amide bonds. The molecule has 0 aliphatic carbocycles. The van der Waals surface area contributed by atoms with Crippen molar-refractivity contribution in [2.24, 2.45) is 0 Å². The molecule has 8 nitrogen and oxygen atoms in total. The molecule has 10 heteroatoms. The average molecular weight is 396 g/mol. The zero-order chi connectivity index (χ0) is 21.3. The lowest BCUT2D eigenvalue weighted by atomic mass is 9.71. The van der Waals surface area contributed by atoms with Crippen LogP contribution in [0.1, 0.15) is 54.9 Å². The van der Waals surface area contributed by atoms with Crippen molar-refractivity contribution >= 4 is 20.9 Å². The fourth-order valence-corrected chi connectivity index (χ4v) is 3.40. The summed E-state index contributed by atoms with van der Waals surface area (Å²) in [6.45, 7) is 14.8. The van der Waals surface area contributed by atoms with Gasteiger partial charge in [0, 0.05) is 0 Å². The number of nitrogens with zero attached hydrogens (tertiary/aromatic N) is 1. The first-order valence-electron chi connectivity index (χ1n) is 9.56. The average Bonchev–Trinajstić information content (AvgIpc) is 2.73. The van der Waals surface area contributed by atoms with Gasteiger partial charge in [0.15, 0.2) is 0 Å². The molecule has 0 aromatic rings. The maximum atomic E-state index is 12.6. The van der Waals surface area contributed by atoms with Gasteiger partial charge in [-0.3, -0.25) is 4.90 Å². The zero-order valence-electron chi connectivity index (χ0n) is 17.9. The van der Waals surface area contributed by atoms with Gasteiger partial charge in [-0.1, -0.05) is 6.08 Å². The molecule has 3 heterocycles. The van der Waals surface area contributed by atoms with E-state index in [1.807, 2.05) is 53.4 Å². The molecule has 0 saturated carbocycles. The molecule has 2 bridgehead atoms.